The number of carbonyl (C=O) groups is 1. The van der Waals surface area contributed by atoms with Crippen molar-refractivity contribution in [3.05, 3.63) is 52.7 Å². The molecule has 4 N–H and O–H groups in total. The van der Waals surface area contributed by atoms with Crippen LogP contribution in [-0.2, 0) is 10.9 Å². The van der Waals surface area contributed by atoms with E-state index in [1.54, 1.807) is 37.9 Å². The molecule has 8 nitrogen and oxygen atoms in total. The van der Waals surface area contributed by atoms with Crippen molar-refractivity contribution in [3.8, 4) is 0 Å². The highest BCUT2D eigenvalue weighted by molar-refractivity contribution is 6.06. The van der Waals surface area contributed by atoms with Gasteiger partial charge in [-0.05, 0) is 49.7 Å². The summed E-state index contributed by atoms with van der Waals surface area (Å²) < 4.78 is 45.2. The van der Waals surface area contributed by atoms with Crippen molar-refractivity contribution in [2.45, 2.75) is 26.1 Å². The number of hydrogen-bond acceptors (Lipinski definition) is 7. The van der Waals surface area contributed by atoms with Gasteiger partial charge in [0.25, 0.3) is 5.91 Å². The van der Waals surface area contributed by atoms with Crippen molar-refractivity contribution in [1.29, 1.82) is 0 Å². The fourth-order valence-corrected chi connectivity index (χ4v) is 4.13. The Labute approximate surface area is 200 Å². The molecule has 3 aromatic rings. The number of nitrogens with one attached hydrogen (secondary N) is 2. The molecule has 1 aromatic heterocycles. The predicted octanol–water partition coefficient (Wildman–Crippen LogP) is 4.23. The number of halogens is 3. The Hall–Kier alpha value is -3.60. The second-order valence-electron chi connectivity index (χ2n) is 8.48. The van der Waals surface area contributed by atoms with E-state index in [0.29, 0.717) is 65.4 Å². The molecule has 2 aromatic carbocycles. The number of fused-ring (bicyclic) bond motifs is 1. The van der Waals surface area contributed by atoms with Crippen LogP contribution in [0.15, 0.2) is 30.3 Å². The molecular weight excluding hydrogens is 461 g/mol. The van der Waals surface area contributed by atoms with E-state index in [0.717, 1.165) is 12.1 Å². The maximum absolute atomic E-state index is 13.3. The third kappa shape index (κ3) is 5.09. The summed E-state index contributed by atoms with van der Waals surface area (Å²) in [6.07, 6.45) is -4.51. The minimum absolute atomic E-state index is 0.0204. The second-order valence-corrected chi connectivity index (χ2v) is 8.48. The molecule has 1 unspecified atom stereocenters. The molecule has 0 aliphatic carbocycles. The van der Waals surface area contributed by atoms with Crippen LogP contribution in [0.25, 0.3) is 10.8 Å². The number of amides is 1. The van der Waals surface area contributed by atoms with Crippen molar-refractivity contribution >= 4 is 33.9 Å². The largest absolute Gasteiger partial charge is 0.416 e. The fraction of sp³-hybridized carbons (Fsp3) is 0.375. The van der Waals surface area contributed by atoms with Gasteiger partial charge in [-0.2, -0.15) is 18.3 Å². The normalized spacial score (nSPS) is 15.2. The fourth-order valence-electron chi connectivity index (χ4n) is 4.13. The van der Waals surface area contributed by atoms with E-state index >= 15 is 0 Å². The number of rotatable bonds is 5. The van der Waals surface area contributed by atoms with Crippen molar-refractivity contribution in [2.24, 2.45) is 0 Å². The Morgan fingerprint density at radius 1 is 1.11 bits per heavy atom. The minimum atomic E-state index is -4.51. The smallest absolute Gasteiger partial charge is 0.399 e. The van der Waals surface area contributed by atoms with Gasteiger partial charge in [-0.1, -0.05) is 0 Å². The van der Waals surface area contributed by atoms with E-state index in [1.807, 2.05) is 0 Å². The molecule has 35 heavy (non-hydrogen) atoms. The van der Waals surface area contributed by atoms with Crippen LogP contribution in [0.5, 0.6) is 0 Å². The predicted molar refractivity (Wildman–Crippen MR) is 128 cm³/mol. The summed E-state index contributed by atoms with van der Waals surface area (Å²) >= 11 is 0. The molecule has 0 radical (unpaired) electrons. The van der Waals surface area contributed by atoms with Crippen molar-refractivity contribution in [2.75, 3.05) is 49.7 Å². The maximum atomic E-state index is 13.3. The van der Waals surface area contributed by atoms with Gasteiger partial charge in [-0.15, -0.1) is 5.10 Å². The standard InChI is InChI=1S/C24H27F3N6O2/c1-13(15-8-16(24(25,26)27)10-17(28)9-15)30-22-19-12-21(29-3)20(11-18(19)14(2)31-32-22)23(34)33-4-6-35-7-5-33/h8-13,29H,4-7,28H2,1-3H3,(H,30,32). The van der Waals surface area contributed by atoms with Gasteiger partial charge in [0.15, 0.2) is 5.82 Å². The van der Waals surface area contributed by atoms with Gasteiger partial charge in [0.05, 0.1) is 36.1 Å². The molecule has 1 saturated heterocycles. The van der Waals surface area contributed by atoms with Crippen LogP contribution in [0.4, 0.5) is 30.4 Å². The Balaban J connectivity index is 1.72. The number of ether oxygens (including phenoxy) is 1. The lowest BCUT2D eigenvalue weighted by Crippen LogP contribution is -2.40. The topological polar surface area (TPSA) is 105 Å². The zero-order valence-electron chi connectivity index (χ0n) is 19.7. The van der Waals surface area contributed by atoms with E-state index in [2.05, 4.69) is 20.8 Å². The van der Waals surface area contributed by atoms with Crippen molar-refractivity contribution in [1.82, 2.24) is 15.1 Å². The van der Waals surface area contributed by atoms with Gasteiger partial charge in [0.1, 0.15) is 0 Å². The summed E-state index contributed by atoms with van der Waals surface area (Å²) in [5.74, 6) is 0.272. The van der Waals surface area contributed by atoms with E-state index in [4.69, 9.17) is 10.5 Å². The highest BCUT2D eigenvalue weighted by Gasteiger charge is 2.31. The molecule has 0 spiro atoms. The number of nitrogens with two attached hydrogens (primary N) is 1. The van der Waals surface area contributed by atoms with Gasteiger partial charge in [0, 0.05) is 42.3 Å². The van der Waals surface area contributed by atoms with E-state index in [1.165, 1.54) is 6.07 Å². The number of nitrogens with zero attached hydrogens (tertiary/aromatic N) is 3. The van der Waals surface area contributed by atoms with Crippen LogP contribution in [0.2, 0.25) is 0 Å². The first kappa shape index (κ1) is 24.5. The molecule has 0 bridgehead atoms. The monoisotopic (exact) mass is 488 g/mol. The number of hydrogen-bond donors (Lipinski definition) is 3. The van der Waals surface area contributed by atoms with Crippen LogP contribution < -0.4 is 16.4 Å². The summed E-state index contributed by atoms with van der Waals surface area (Å²) in [5.41, 5.74) is 7.04. The molecule has 1 aliphatic heterocycles. The average molecular weight is 489 g/mol. The van der Waals surface area contributed by atoms with E-state index in [-0.39, 0.29) is 11.6 Å². The maximum Gasteiger partial charge on any atom is 0.416 e. The summed E-state index contributed by atoms with van der Waals surface area (Å²) in [7, 11) is 1.72. The van der Waals surface area contributed by atoms with Crippen LogP contribution >= 0.6 is 0 Å². The van der Waals surface area contributed by atoms with Gasteiger partial charge < -0.3 is 26.0 Å². The number of benzene rings is 2. The lowest BCUT2D eigenvalue weighted by molar-refractivity contribution is -0.137. The zero-order valence-corrected chi connectivity index (χ0v) is 19.7. The number of nitrogen functional groups attached to an aromatic ring is 1. The summed E-state index contributed by atoms with van der Waals surface area (Å²) in [6.45, 7) is 5.52. The number of morpholine rings is 1. The first-order valence-electron chi connectivity index (χ1n) is 11.2. The Morgan fingerprint density at radius 3 is 2.49 bits per heavy atom. The highest BCUT2D eigenvalue weighted by Crippen LogP contribution is 2.35. The molecule has 0 saturated carbocycles. The first-order chi connectivity index (χ1) is 16.6. The minimum Gasteiger partial charge on any atom is -0.399 e. The van der Waals surface area contributed by atoms with Crippen LogP contribution in [0.3, 0.4) is 0 Å². The van der Waals surface area contributed by atoms with Crippen LogP contribution in [-0.4, -0.2) is 54.4 Å². The molecule has 4 rings (SSSR count). The number of carbonyl (C=O) groups excluding carboxylic acids is 1. The third-order valence-corrected chi connectivity index (χ3v) is 6.06. The lowest BCUT2D eigenvalue weighted by atomic mass is 10.0. The number of aryl methyl sites for hydroxylation is 1. The van der Waals surface area contributed by atoms with Crippen molar-refractivity contribution in [3.63, 3.8) is 0 Å². The van der Waals surface area contributed by atoms with Gasteiger partial charge >= 0.3 is 6.18 Å². The molecule has 1 amide bonds. The highest BCUT2D eigenvalue weighted by atomic mass is 19.4. The van der Waals surface area contributed by atoms with Crippen LogP contribution in [0, 0.1) is 6.92 Å². The second kappa shape index (κ2) is 9.57. The van der Waals surface area contributed by atoms with E-state index < -0.39 is 17.8 Å². The van der Waals surface area contributed by atoms with Gasteiger partial charge in [-0.25, -0.2) is 0 Å². The molecule has 1 fully saturated rings. The number of anilines is 3. The average Bonchev–Trinajstić information content (AvgIpc) is 2.84. The third-order valence-electron chi connectivity index (χ3n) is 6.06. The SMILES string of the molecule is CNc1cc2c(NC(C)c3cc(N)cc(C(F)(F)F)c3)nnc(C)c2cc1C(=O)N1CCOCC1. The molecule has 2 heterocycles. The van der Waals surface area contributed by atoms with Crippen LogP contribution in [0.1, 0.15) is 40.1 Å². The van der Waals surface area contributed by atoms with Crippen molar-refractivity contribution < 1.29 is 22.7 Å². The molecular formula is C24H27F3N6O2. The Kier molecular flexibility index (Phi) is 6.70. The summed E-state index contributed by atoms with van der Waals surface area (Å²) in [5, 5.41) is 16.1. The molecule has 186 valence electrons. The number of alkyl halides is 3. The molecule has 1 atom stereocenters. The van der Waals surface area contributed by atoms with Gasteiger partial charge in [0.2, 0.25) is 0 Å². The van der Waals surface area contributed by atoms with Gasteiger partial charge in [-0.3, -0.25) is 4.79 Å². The molecule has 1 aliphatic rings. The summed E-state index contributed by atoms with van der Waals surface area (Å²) in [6, 6.07) is 6.50. The molecule has 11 heteroatoms. The number of aromatic nitrogens is 2. The van der Waals surface area contributed by atoms with E-state index in [9.17, 15) is 18.0 Å². The summed E-state index contributed by atoms with van der Waals surface area (Å²) in [4.78, 5) is 14.9. The quantitative estimate of drug-likeness (QED) is 0.462. The first-order valence-corrected chi connectivity index (χ1v) is 11.2. The zero-order chi connectivity index (χ0) is 25.3. The lowest BCUT2D eigenvalue weighted by Gasteiger charge is -2.28. The Morgan fingerprint density at radius 2 is 1.83 bits per heavy atom. The Bertz CT molecular complexity index is 1260.